The number of hydrogen-bond acceptors (Lipinski definition) is 8. The monoisotopic (exact) mass is 416 g/mol. The van der Waals surface area contributed by atoms with E-state index in [1.165, 1.54) is 0 Å². The molecule has 0 saturated heterocycles. The van der Waals surface area contributed by atoms with Gasteiger partial charge in [-0.15, -0.1) is 0 Å². The molecule has 1 heterocycles. The van der Waals surface area contributed by atoms with Gasteiger partial charge in [-0.25, -0.2) is 14.4 Å². The zero-order valence-corrected chi connectivity index (χ0v) is 17.4. The number of esters is 3. The fraction of sp³-hybridized carbons (Fsp3) is 0.333. The van der Waals surface area contributed by atoms with E-state index in [-0.39, 0.29) is 5.70 Å². The van der Waals surface area contributed by atoms with Gasteiger partial charge >= 0.3 is 17.9 Å². The number of para-hydroxylation sites is 2. The summed E-state index contributed by atoms with van der Waals surface area (Å²) in [6, 6.07) is 6.79. The fourth-order valence-corrected chi connectivity index (χ4v) is 2.60. The molecule has 9 heteroatoms. The lowest BCUT2D eigenvalue weighted by Crippen LogP contribution is -2.31. The van der Waals surface area contributed by atoms with Crippen molar-refractivity contribution in [1.29, 1.82) is 0 Å². The number of methoxy groups -OCH3 is 1. The number of nitrogens with one attached hydrogen (secondary N) is 2. The molecule has 0 atom stereocenters. The molecule has 2 N–H and O–H groups in total. The van der Waals surface area contributed by atoms with E-state index in [4.69, 9.17) is 14.2 Å². The van der Waals surface area contributed by atoms with Gasteiger partial charge in [0.1, 0.15) is 11.3 Å². The van der Waals surface area contributed by atoms with Crippen molar-refractivity contribution in [3.63, 3.8) is 0 Å². The maximum atomic E-state index is 12.7. The Kier molecular flexibility index (Phi) is 7.35. The van der Waals surface area contributed by atoms with Gasteiger partial charge in [-0.05, 0) is 39.8 Å². The zero-order valence-electron chi connectivity index (χ0n) is 17.4. The van der Waals surface area contributed by atoms with Gasteiger partial charge in [0.25, 0.3) is 5.91 Å². The van der Waals surface area contributed by atoms with Gasteiger partial charge in [0.05, 0.1) is 36.3 Å². The standard InChI is InChI=1S/C21H24N2O7/c1-11(2)29-16(24)10-13(20(26)30-12(3)4)17(21(27)28-5)18-19(25)23-15-9-7-6-8-14(15)22-18/h6-12,22H,1-5H3,(H,23,25)/b13-10+,18-17+. The van der Waals surface area contributed by atoms with Crippen LogP contribution in [-0.4, -0.2) is 43.1 Å². The summed E-state index contributed by atoms with van der Waals surface area (Å²) in [7, 11) is 1.09. The highest BCUT2D eigenvalue weighted by molar-refractivity contribution is 6.20. The lowest BCUT2D eigenvalue weighted by molar-refractivity contribution is -0.145. The minimum Gasteiger partial charge on any atom is -0.465 e. The third kappa shape index (κ3) is 5.47. The van der Waals surface area contributed by atoms with E-state index >= 15 is 0 Å². The van der Waals surface area contributed by atoms with Crippen LogP contribution < -0.4 is 10.6 Å². The normalized spacial score (nSPS) is 15.0. The van der Waals surface area contributed by atoms with Crippen molar-refractivity contribution >= 4 is 35.2 Å². The second kappa shape index (κ2) is 9.73. The highest BCUT2D eigenvalue weighted by atomic mass is 16.6. The summed E-state index contributed by atoms with van der Waals surface area (Å²) in [5, 5.41) is 5.46. The molecule has 9 nitrogen and oxygen atoms in total. The van der Waals surface area contributed by atoms with Crippen molar-refractivity contribution in [2.45, 2.75) is 39.9 Å². The number of hydrogen-bond donors (Lipinski definition) is 2. The number of carbonyl (C=O) groups excluding carboxylic acids is 4. The summed E-state index contributed by atoms with van der Waals surface area (Å²) in [6.07, 6.45) is -0.187. The molecule has 0 spiro atoms. The maximum Gasteiger partial charge on any atom is 0.341 e. The molecule has 2 rings (SSSR count). The largest absolute Gasteiger partial charge is 0.465 e. The topological polar surface area (TPSA) is 120 Å². The number of fused-ring (bicyclic) bond motifs is 1. The van der Waals surface area contributed by atoms with Crippen molar-refractivity contribution in [2.75, 3.05) is 17.7 Å². The Hall–Kier alpha value is -3.62. The molecule has 1 aliphatic rings. The average Bonchev–Trinajstić information content (AvgIpc) is 2.66. The van der Waals surface area contributed by atoms with Crippen LogP contribution in [0.15, 0.2) is 47.2 Å². The molecular weight excluding hydrogens is 392 g/mol. The molecule has 1 aromatic carbocycles. The molecule has 0 saturated carbocycles. The first kappa shape index (κ1) is 22.7. The second-order valence-electron chi connectivity index (χ2n) is 6.86. The first-order chi connectivity index (χ1) is 14.1. The molecule has 0 unspecified atom stereocenters. The van der Waals surface area contributed by atoms with Crippen LogP contribution in [0.2, 0.25) is 0 Å². The molecule has 1 aromatic rings. The van der Waals surface area contributed by atoms with Crippen LogP contribution in [-0.2, 0) is 33.4 Å². The van der Waals surface area contributed by atoms with E-state index in [0.29, 0.717) is 11.4 Å². The number of amides is 1. The summed E-state index contributed by atoms with van der Waals surface area (Å²) in [4.78, 5) is 50.3. The van der Waals surface area contributed by atoms with E-state index in [9.17, 15) is 19.2 Å². The van der Waals surface area contributed by atoms with Crippen LogP contribution in [0.3, 0.4) is 0 Å². The van der Waals surface area contributed by atoms with E-state index in [1.54, 1.807) is 52.0 Å². The Labute approximate surface area is 174 Å². The number of carbonyl (C=O) groups is 4. The first-order valence-corrected chi connectivity index (χ1v) is 9.27. The van der Waals surface area contributed by atoms with Gasteiger partial charge in [0, 0.05) is 6.08 Å². The molecule has 1 amide bonds. The molecule has 0 radical (unpaired) electrons. The summed E-state index contributed by atoms with van der Waals surface area (Å²) < 4.78 is 15.0. The molecule has 0 bridgehead atoms. The Bertz CT molecular complexity index is 929. The van der Waals surface area contributed by atoms with E-state index in [0.717, 1.165) is 13.2 Å². The number of rotatable bonds is 6. The van der Waals surface area contributed by atoms with Crippen LogP contribution in [0.5, 0.6) is 0 Å². The lowest BCUT2D eigenvalue weighted by atomic mass is 10.0. The van der Waals surface area contributed by atoms with Gasteiger partial charge in [0.2, 0.25) is 0 Å². The van der Waals surface area contributed by atoms with Crippen molar-refractivity contribution in [3.05, 3.63) is 47.2 Å². The quantitative estimate of drug-likeness (QED) is 0.412. The second-order valence-corrected chi connectivity index (χ2v) is 6.86. The number of ether oxygens (including phenoxy) is 3. The van der Waals surface area contributed by atoms with Crippen molar-refractivity contribution in [3.8, 4) is 0 Å². The van der Waals surface area contributed by atoms with Gasteiger partial charge in [-0.1, -0.05) is 12.1 Å². The van der Waals surface area contributed by atoms with Gasteiger partial charge < -0.3 is 24.8 Å². The average molecular weight is 416 g/mol. The van der Waals surface area contributed by atoms with Crippen molar-refractivity contribution in [1.82, 2.24) is 0 Å². The summed E-state index contributed by atoms with van der Waals surface area (Å²) in [5.41, 5.74) is -0.182. The van der Waals surface area contributed by atoms with E-state index in [2.05, 4.69) is 10.6 Å². The van der Waals surface area contributed by atoms with Crippen LogP contribution in [0.1, 0.15) is 27.7 Å². The molecule has 160 valence electrons. The van der Waals surface area contributed by atoms with Crippen molar-refractivity contribution < 1.29 is 33.4 Å². The molecule has 0 fully saturated rings. The minimum atomic E-state index is -1.00. The smallest absolute Gasteiger partial charge is 0.341 e. The summed E-state index contributed by atoms with van der Waals surface area (Å²) >= 11 is 0. The maximum absolute atomic E-state index is 12.7. The first-order valence-electron chi connectivity index (χ1n) is 9.27. The SMILES string of the molecule is COC(=O)C(/C(=C\C(=O)OC(C)C)C(=O)OC(C)C)=C1/Nc2ccccc2NC1=O. The molecular formula is C21H24N2O7. The minimum absolute atomic E-state index is 0.259. The molecule has 0 aromatic heterocycles. The lowest BCUT2D eigenvalue weighted by Gasteiger charge is -2.23. The van der Waals surface area contributed by atoms with Crippen molar-refractivity contribution in [2.24, 2.45) is 0 Å². The summed E-state index contributed by atoms with van der Waals surface area (Å²) in [6.45, 7) is 6.47. The Morgan fingerprint density at radius 3 is 2.00 bits per heavy atom. The fourth-order valence-electron chi connectivity index (χ4n) is 2.60. The van der Waals surface area contributed by atoms with E-state index < -0.39 is 47.2 Å². The Balaban J connectivity index is 2.67. The molecule has 0 aliphatic carbocycles. The van der Waals surface area contributed by atoms with Crippen LogP contribution in [0.4, 0.5) is 11.4 Å². The molecule has 30 heavy (non-hydrogen) atoms. The third-order valence-electron chi connectivity index (χ3n) is 3.75. The van der Waals surface area contributed by atoms with Gasteiger partial charge in [0.15, 0.2) is 0 Å². The third-order valence-corrected chi connectivity index (χ3v) is 3.75. The van der Waals surface area contributed by atoms with Crippen LogP contribution in [0.25, 0.3) is 0 Å². The molecule has 1 aliphatic heterocycles. The van der Waals surface area contributed by atoms with Gasteiger partial charge in [-0.3, -0.25) is 4.79 Å². The Morgan fingerprint density at radius 1 is 0.900 bits per heavy atom. The van der Waals surface area contributed by atoms with Crippen LogP contribution >= 0.6 is 0 Å². The van der Waals surface area contributed by atoms with E-state index in [1.807, 2.05) is 0 Å². The zero-order chi connectivity index (χ0) is 22.4. The predicted molar refractivity (Wildman–Crippen MR) is 108 cm³/mol. The van der Waals surface area contributed by atoms with Crippen LogP contribution in [0, 0.1) is 0 Å². The Morgan fingerprint density at radius 2 is 1.47 bits per heavy atom. The highest BCUT2D eigenvalue weighted by Crippen LogP contribution is 2.31. The predicted octanol–water partition coefficient (Wildman–Crippen LogP) is 2.31. The summed E-state index contributed by atoms with van der Waals surface area (Å²) in [5.74, 6) is -3.54. The number of anilines is 2. The highest BCUT2D eigenvalue weighted by Gasteiger charge is 2.33. The number of benzene rings is 1. The van der Waals surface area contributed by atoms with Gasteiger partial charge in [-0.2, -0.15) is 0 Å².